The van der Waals surface area contributed by atoms with Gasteiger partial charge in [0.25, 0.3) is 0 Å². The molecule has 2 aliphatic rings. The molecule has 1 aromatic carbocycles. The molecular weight excluding hydrogens is 204 g/mol. The maximum absolute atomic E-state index is 2.32. The van der Waals surface area contributed by atoms with Crippen molar-refractivity contribution in [2.45, 2.75) is 57.3 Å². The van der Waals surface area contributed by atoms with Crippen molar-refractivity contribution in [1.82, 2.24) is 0 Å². The fourth-order valence-electron chi connectivity index (χ4n) is 4.08. The molecule has 2 aliphatic carbocycles. The van der Waals surface area contributed by atoms with Crippen molar-refractivity contribution in [3.8, 4) is 0 Å². The van der Waals surface area contributed by atoms with Crippen molar-refractivity contribution >= 4 is 0 Å². The summed E-state index contributed by atoms with van der Waals surface area (Å²) in [5, 5.41) is 0. The Morgan fingerprint density at radius 1 is 0.647 bits per heavy atom. The van der Waals surface area contributed by atoms with Crippen LogP contribution in [-0.2, 0) is 0 Å². The lowest BCUT2D eigenvalue weighted by Gasteiger charge is -2.32. The molecule has 92 valence electrons. The van der Waals surface area contributed by atoms with Crippen LogP contribution in [0.1, 0.15) is 62.8 Å². The molecule has 0 heterocycles. The highest BCUT2D eigenvalue weighted by Gasteiger charge is 2.29. The average molecular weight is 228 g/mol. The summed E-state index contributed by atoms with van der Waals surface area (Å²) >= 11 is 0. The van der Waals surface area contributed by atoms with E-state index in [9.17, 15) is 0 Å². The molecular formula is C17H24. The Balaban J connectivity index is 1.57. The highest BCUT2D eigenvalue weighted by Crippen LogP contribution is 2.43. The lowest BCUT2D eigenvalue weighted by molar-refractivity contribution is 0.235. The lowest BCUT2D eigenvalue weighted by atomic mass is 9.73. The minimum Gasteiger partial charge on any atom is -0.0622 e. The van der Waals surface area contributed by atoms with E-state index in [4.69, 9.17) is 0 Å². The molecule has 0 spiro atoms. The van der Waals surface area contributed by atoms with Gasteiger partial charge in [0.2, 0.25) is 0 Å². The van der Waals surface area contributed by atoms with Crippen molar-refractivity contribution in [2.75, 3.05) is 0 Å². The first kappa shape index (κ1) is 11.3. The van der Waals surface area contributed by atoms with Crippen LogP contribution in [0.4, 0.5) is 0 Å². The molecule has 0 saturated heterocycles. The smallest absolute Gasteiger partial charge is 0.0162 e. The Labute approximate surface area is 105 Å². The zero-order valence-corrected chi connectivity index (χ0v) is 10.8. The van der Waals surface area contributed by atoms with Crippen molar-refractivity contribution < 1.29 is 0 Å². The van der Waals surface area contributed by atoms with Crippen molar-refractivity contribution in [3.63, 3.8) is 0 Å². The molecule has 0 N–H and O–H groups in total. The second kappa shape index (κ2) is 5.25. The third-order valence-electron chi connectivity index (χ3n) is 5.11. The van der Waals surface area contributed by atoms with E-state index in [2.05, 4.69) is 30.3 Å². The molecule has 2 saturated carbocycles. The van der Waals surface area contributed by atoms with Gasteiger partial charge in [-0.3, -0.25) is 0 Å². The van der Waals surface area contributed by atoms with Gasteiger partial charge in [0.15, 0.2) is 0 Å². The van der Waals surface area contributed by atoms with E-state index < -0.39 is 0 Å². The first-order valence-electron chi connectivity index (χ1n) is 7.48. The highest BCUT2D eigenvalue weighted by atomic mass is 14.3. The first-order valence-corrected chi connectivity index (χ1v) is 7.48. The predicted octanol–water partition coefficient (Wildman–Crippen LogP) is 5.15. The second-order valence-corrected chi connectivity index (χ2v) is 6.07. The lowest BCUT2D eigenvalue weighted by Crippen LogP contribution is -2.19. The molecule has 0 nitrogen and oxygen atoms in total. The molecule has 0 aromatic heterocycles. The maximum atomic E-state index is 2.32. The molecule has 3 rings (SSSR count). The van der Waals surface area contributed by atoms with Crippen LogP contribution >= 0.6 is 0 Å². The van der Waals surface area contributed by atoms with Gasteiger partial charge in [0, 0.05) is 0 Å². The predicted molar refractivity (Wildman–Crippen MR) is 73.1 cm³/mol. The summed E-state index contributed by atoms with van der Waals surface area (Å²) in [5.41, 5.74) is 1.58. The summed E-state index contributed by atoms with van der Waals surface area (Å²) in [6, 6.07) is 11.2. The molecule has 17 heavy (non-hydrogen) atoms. The Hall–Kier alpha value is -0.780. The summed E-state index contributed by atoms with van der Waals surface area (Å²) in [6.45, 7) is 0. The van der Waals surface area contributed by atoms with Crippen molar-refractivity contribution in [2.24, 2.45) is 11.8 Å². The third-order valence-corrected chi connectivity index (χ3v) is 5.11. The van der Waals surface area contributed by atoms with Crippen LogP contribution in [0.5, 0.6) is 0 Å². The minimum absolute atomic E-state index is 0.855. The van der Waals surface area contributed by atoms with Crippen LogP contribution in [0.15, 0.2) is 30.3 Å². The van der Waals surface area contributed by atoms with E-state index in [1.165, 1.54) is 51.4 Å². The monoisotopic (exact) mass is 228 g/mol. The van der Waals surface area contributed by atoms with Gasteiger partial charge in [0.05, 0.1) is 0 Å². The summed E-state index contributed by atoms with van der Waals surface area (Å²) in [6.07, 6.45) is 11.9. The molecule has 0 amide bonds. The van der Waals surface area contributed by atoms with E-state index in [0.717, 1.165) is 17.8 Å². The van der Waals surface area contributed by atoms with Gasteiger partial charge in [-0.05, 0) is 49.0 Å². The van der Waals surface area contributed by atoms with E-state index >= 15 is 0 Å². The number of hydrogen-bond donors (Lipinski definition) is 0. The fraction of sp³-hybridized carbons (Fsp3) is 0.647. The van der Waals surface area contributed by atoms with Gasteiger partial charge in [-0.1, -0.05) is 56.0 Å². The summed E-state index contributed by atoms with van der Waals surface area (Å²) in [5.74, 6) is 3.01. The summed E-state index contributed by atoms with van der Waals surface area (Å²) < 4.78 is 0. The molecule has 0 unspecified atom stereocenters. The normalized spacial score (nSPS) is 30.6. The largest absolute Gasteiger partial charge is 0.0622 e. The average Bonchev–Trinajstić information content (AvgIpc) is 2.94. The molecule has 0 radical (unpaired) electrons. The van der Waals surface area contributed by atoms with Crippen LogP contribution < -0.4 is 0 Å². The maximum Gasteiger partial charge on any atom is -0.0162 e. The number of rotatable bonds is 2. The van der Waals surface area contributed by atoms with Crippen LogP contribution in [0.3, 0.4) is 0 Å². The Morgan fingerprint density at radius 3 is 1.88 bits per heavy atom. The Kier molecular flexibility index (Phi) is 3.49. The third kappa shape index (κ3) is 2.56. The Morgan fingerprint density at radius 2 is 1.24 bits per heavy atom. The van der Waals surface area contributed by atoms with Gasteiger partial charge in [-0.25, -0.2) is 0 Å². The van der Waals surface area contributed by atoms with Gasteiger partial charge in [-0.2, -0.15) is 0 Å². The molecule has 1 aromatic rings. The van der Waals surface area contributed by atoms with Crippen molar-refractivity contribution in [1.29, 1.82) is 0 Å². The van der Waals surface area contributed by atoms with E-state index in [1.807, 2.05) is 0 Å². The van der Waals surface area contributed by atoms with E-state index in [-0.39, 0.29) is 0 Å². The standard InChI is InChI=1S/C17H24/c1-2-6-14(7-3-1)16-10-12-17(13-11-16)15-8-4-5-9-15/h1-3,6-7,15-17H,4-5,8-13H2. The zero-order valence-electron chi connectivity index (χ0n) is 10.8. The van der Waals surface area contributed by atoms with Crippen LogP contribution in [0, 0.1) is 11.8 Å². The van der Waals surface area contributed by atoms with Gasteiger partial charge in [0.1, 0.15) is 0 Å². The second-order valence-electron chi connectivity index (χ2n) is 6.07. The fourth-order valence-corrected chi connectivity index (χ4v) is 4.08. The van der Waals surface area contributed by atoms with Gasteiger partial charge >= 0.3 is 0 Å². The van der Waals surface area contributed by atoms with Crippen LogP contribution in [0.2, 0.25) is 0 Å². The molecule has 2 fully saturated rings. The first-order chi connectivity index (χ1) is 8.43. The number of benzene rings is 1. The van der Waals surface area contributed by atoms with E-state index in [0.29, 0.717) is 0 Å². The highest BCUT2D eigenvalue weighted by molar-refractivity contribution is 5.19. The van der Waals surface area contributed by atoms with Gasteiger partial charge in [-0.15, -0.1) is 0 Å². The summed E-state index contributed by atoms with van der Waals surface area (Å²) in [4.78, 5) is 0. The minimum atomic E-state index is 0.855. The number of hydrogen-bond acceptors (Lipinski definition) is 0. The van der Waals surface area contributed by atoms with Crippen molar-refractivity contribution in [3.05, 3.63) is 35.9 Å². The Bertz CT molecular complexity index is 326. The van der Waals surface area contributed by atoms with Crippen LogP contribution in [0.25, 0.3) is 0 Å². The molecule has 0 aliphatic heterocycles. The SMILES string of the molecule is c1ccc(C2CCC(C3CCCC3)CC2)cc1. The molecule has 0 atom stereocenters. The van der Waals surface area contributed by atoms with Gasteiger partial charge < -0.3 is 0 Å². The zero-order chi connectivity index (χ0) is 11.5. The molecule has 0 heteroatoms. The van der Waals surface area contributed by atoms with E-state index in [1.54, 1.807) is 5.56 Å². The van der Waals surface area contributed by atoms with Crippen LogP contribution in [-0.4, -0.2) is 0 Å². The topological polar surface area (TPSA) is 0 Å². The summed E-state index contributed by atoms with van der Waals surface area (Å²) in [7, 11) is 0. The molecule has 0 bridgehead atoms. The quantitative estimate of drug-likeness (QED) is 0.656.